The van der Waals surface area contributed by atoms with Crippen LogP contribution in [0.2, 0.25) is 19.0 Å². The van der Waals surface area contributed by atoms with Crippen LogP contribution in [-0.2, 0) is 6.42 Å². The highest BCUT2D eigenvalue weighted by molar-refractivity contribution is 6.58. The Balaban J connectivity index is -0.000000485. The highest BCUT2D eigenvalue weighted by Crippen LogP contribution is 2.18. The molecule has 1 heterocycles. The smallest absolute Gasteiger partial charge is 0.139 e. The molecule has 0 saturated carbocycles. The number of hydrogen-bond acceptors (Lipinski definition) is 2. The lowest BCUT2D eigenvalue weighted by atomic mass is 9.42. The zero-order valence-electron chi connectivity index (χ0n) is 28.9. The zero-order valence-corrected chi connectivity index (χ0v) is 28.9. The van der Waals surface area contributed by atoms with Gasteiger partial charge in [0, 0.05) is 6.20 Å². The summed E-state index contributed by atoms with van der Waals surface area (Å²) in [6.45, 7) is 24.5. The first kappa shape index (κ1) is 43.1. The molecule has 0 amide bonds. The number of benzene rings is 2. The Morgan fingerprint density at radius 2 is 1.20 bits per heavy atom. The van der Waals surface area contributed by atoms with Crippen molar-refractivity contribution in [1.29, 1.82) is 0 Å². The normalized spacial score (nSPS) is 9.76. The van der Waals surface area contributed by atoms with E-state index in [2.05, 4.69) is 77.7 Å². The van der Waals surface area contributed by atoms with Crippen molar-refractivity contribution in [1.82, 2.24) is 4.98 Å². The Hall–Kier alpha value is -2.39. The van der Waals surface area contributed by atoms with Crippen LogP contribution in [-0.4, -0.2) is 16.8 Å². The van der Waals surface area contributed by atoms with Crippen LogP contribution in [0.5, 0.6) is 0 Å². The van der Waals surface area contributed by atoms with Gasteiger partial charge in [-0.05, 0) is 43.0 Å². The molecule has 2 aromatic carbocycles. The molecule has 232 valence electrons. The number of aromatic nitrogens is 1. The Bertz CT molecular complexity index is 807. The van der Waals surface area contributed by atoms with Crippen molar-refractivity contribution in [3.05, 3.63) is 101 Å². The van der Waals surface area contributed by atoms with Crippen molar-refractivity contribution in [2.24, 2.45) is 0 Å². The molecule has 0 radical (unpaired) electrons. The third-order valence-corrected chi connectivity index (χ3v) is 5.99. The molecule has 3 aromatic rings. The van der Waals surface area contributed by atoms with E-state index in [1.807, 2.05) is 76.2 Å². The number of unbranched alkanes of at least 4 members (excludes halogenated alkanes) is 1. The highest BCUT2D eigenvalue weighted by Gasteiger charge is 2.09. The minimum atomic E-state index is -0.627. The van der Waals surface area contributed by atoms with E-state index in [-0.39, 0.29) is 0 Å². The second kappa shape index (κ2) is 33.8. The van der Waals surface area contributed by atoms with Crippen molar-refractivity contribution in [3.63, 3.8) is 0 Å². The molecule has 0 saturated heterocycles. The van der Waals surface area contributed by atoms with Crippen LogP contribution in [0.3, 0.4) is 0 Å². The van der Waals surface area contributed by atoms with Crippen LogP contribution >= 0.6 is 0 Å². The fourth-order valence-electron chi connectivity index (χ4n) is 3.85. The van der Waals surface area contributed by atoms with E-state index in [1.54, 1.807) is 6.20 Å². The number of aliphatic hydroxyl groups excluding tert-OH is 1. The lowest BCUT2D eigenvalue weighted by Gasteiger charge is -2.09. The monoisotopic (exact) mass is 564 g/mol. The van der Waals surface area contributed by atoms with Gasteiger partial charge >= 0.3 is 0 Å². The predicted molar refractivity (Wildman–Crippen MR) is 190 cm³/mol. The summed E-state index contributed by atoms with van der Waals surface area (Å²) >= 11 is 0. The highest BCUT2D eigenvalue weighted by atomic mass is 16.3. The molecule has 1 N–H and O–H groups in total. The largest absolute Gasteiger partial charge is 0.382 e. The molecular weight excluding hydrogens is 497 g/mol. The van der Waals surface area contributed by atoms with Crippen molar-refractivity contribution in [2.45, 2.75) is 140 Å². The first-order valence-corrected chi connectivity index (χ1v) is 16.7. The maximum atomic E-state index is 9.93. The van der Waals surface area contributed by atoms with Crippen LogP contribution in [0, 0.1) is 6.92 Å². The summed E-state index contributed by atoms with van der Waals surface area (Å²) in [5, 5.41) is 9.93. The summed E-state index contributed by atoms with van der Waals surface area (Å²) < 4.78 is 0. The lowest BCUT2D eigenvalue weighted by Crippen LogP contribution is -2.08. The lowest BCUT2D eigenvalue weighted by molar-refractivity contribution is 0.215. The van der Waals surface area contributed by atoms with Gasteiger partial charge in [-0.3, -0.25) is 4.98 Å². The second-order valence-corrected chi connectivity index (χ2v) is 9.72. The molecule has 3 heteroatoms. The second-order valence-electron chi connectivity index (χ2n) is 9.72. The van der Waals surface area contributed by atoms with Gasteiger partial charge in [0.25, 0.3) is 0 Å². The standard InChI is InChI=1S/C12H11NO.C11H16.C8H19B.C3H8.2C2H6/c14-12(10-6-2-1-3-7-10)11-8-4-5-9-13-11;1-3-4-5-11-8-6-10(2)7-9-11;1-4-7-9(6-3)8-5-2;1-3-2;2*1-2/h1-9,12,14H;6-9H,3-5H2,1-2H3;4-8H2,1-3H3;3H2,1-2H3;2*1-2H3. The molecule has 0 aliphatic rings. The van der Waals surface area contributed by atoms with Gasteiger partial charge in [0.1, 0.15) is 12.8 Å². The molecule has 41 heavy (non-hydrogen) atoms. The summed E-state index contributed by atoms with van der Waals surface area (Å²) in [7, 11) is 0. The van der Waals surface area contributed by atoms with Crippen LogP contribution in [0.4, 0.5) is 0 Å². The van der Waals surface area contributed by atoms with E-state index in [0.29, 0.717) is 5.69 Å². The number of aryl methyl sites for hydroxylation is 2. The maximum Gasteiger partial charge on any atom is 0.139 e. The number of hydrogen-bond donors (Lipinski definition) is 1. The van der Waals surface area contributed by atoms with Crippen LogP contribution < -0.4 is 0 Å². The van der Waals surface area contributed by atoms with Gasteiger partial charge in [-0.1, -0.05) is 180 Å². The Labute approximate surface area is 257 Å². The average Bonchev–Trinajstić information content (AvgIpc) is 3.04. The van der Waals surface area contributed by atoms with Gasteiger partial charge in [0.05, 0.1) is 5.69 Å². The quantitative estimate of drug-likeness (QED) is 0.249. The van der Waals surface area contributed by atoms with Gasteiger partial charge < -0.3 is 5.11 Å². The number of pyridine rings is 1. The predicted octanol–water partition coefficient (Wildman–Crippen LogP) is 12.3. The SMILES string of the molecule is CC.CC.CCC.CCCB(CC)CCC.CCCCc1ccc(C)cc1.OC(c1ccccc1)c1ccccn1. The van der Waals surface area contributed by atoms with Gasteiger partial charge in [-0.2, -0.15) is 0 Å². The summed E-state index contributed by atoms with van der Waals surface area (Å²) in [6.07, 6.45) is 13.1. The van der Waals surface area contributed by atoms with E-state index in [9.17, 15) is 5.11 Å². The minimum absolute atomic E-state index is 0.627. The van der Waals surface area contributed by atoms with Gasteiger partial charge in [0.2, 0.25) is 0 Å². The van der Waals surface area contributed by atoms with E-state index in [0.717, 1.165) is 12.3 Å². The third kappa shape index (κ3) is 25.1. The molecule has 1 atom stereocenters. The fraction of sp³-hybridized carbons (Fsp3) is 0.553. The van der Waals surface area contributed by atoms with E-state index in [1.165, 1.54) is 68.6 Å². The first-order chi connectivity index (χ1) is 20.0. The molecule has 1 unspecified atom stereocenters. The zero-order chi connectivity index (χ0) is 31.7. The molecule has 2 nitrogen and oxygen atoms in total. The molecule has 0 bridgehead atoms. The van der Waals surface area contributed by atoms with Crippen molar-refractivity contribution in [2.75, 3.05) is 0 Å². The molecule has 0 aliphatic heterocycles. The molecule has 3 rings (SSSR count). The first-order valence-electron chi connectivity index (χ1n) is 16.7. The van der Waals surface area contributed by atoms with Gasteiger partial charge in [-0.15, -0.1) is 0 Å². The van der Waals surface area contributed by atoms with E-state index in [4.69, 9.17) is 0 Å². The summed E-state index contributed by atoms with van der Waals surface area (Å²) in [5.74, 6) is 0. The Morgan fingerprint density at radius 1 is 0.683 bits per heavy atom. The minimum Gasteiger partial charge on any atom is -0.382 e. The molecular formula is C38H66BNO. The maximum absolute atomic E-state index is 9.93. The summed E-state index contributed by atoms with van der Waals surface area (Å²) in [5.41, 5.74) is 4.37. The van der Waals surface area contributed by atoms with Crippen molar-refractivity contribution < 1.29 is 5.11 Å². The van der Waals surface area contributed by atoms with E-state index >= 15 is 0 Å². The van der Waals surface area contributed by atoms with Crippen LogP contribution in [0.25, 0.3) is 0 Å². The van der Waals surface area contributed by atoms with Crippen LogP contribution in [0.1, 0.15) is 130 Å². The van der Waals surface area contributed by atoms with Crippen molar-refractivity contribution >= 4 is 6.71 Å². The van der Waals surface area contributed by atoms with E-state index < -0.39 is 6.10 Å². The number of rotatable bonds is 10. The van der Waals surface area contributed by atoms with Crippen LogP contribution in [0.15, 0.2) is 79.0 Å². The number of aliphatic hydroxyl groups is 1. The number of nitrogens with zero attached hydrogens (tertiary/aromatic N) is 1. The average molecular weight is 564 g/mol. The summed E-state index contributed by atoms with van der Waals surface area (Å²) in [6, 6.07) is 23.9. The van der Waals surface area contributed by atoms with Crippen molar-refractivity contribution in [3.8, 4) is 0 Å². The molecule has 0 spiro atoms. The third-order valence-electron chi connectivity index (χ3n) is 5.99. The Kier molecular flexibility index (Phi) is 35.5. The topological polar surface area (TPSA) is 33.1 Å². The van der Waals surface area contributed by atoms with Gasteiger partial charge in [0.15, 0.2) is 0 Å². The summed E-state index contributed by atoms with van der Waals surface area (Å²) in [4.78, 5) is 4.11. The Morgan fingerprint density at radius 3 is 1.61 bits per heavy atom. The van der Waals surface area contributed by atoms with Gasteiger partial charge in [-0.25, -0.2) is 0 Å². The molecule has 1 aromatic heterocycles. The molecule has 0 fully saturated rings. The fourth-order valence-corrected chi connectivity index (χ4v) is 3.85. The molecule has 0 aliphatic carbocycles.